The first-order chi connectivity index (χ1) is 16.4. The summed E-state index contributed by atoms with van der Waals surface area (Å²) in [5.74, 6) is 0.450. The van der Waals surface area contributed by atoms with Gasteiger partial charge >= 0.3 is 0 Å². The van der Waals surface area contributed by atoms with E-state index in [1.807, 2.05) is 73.1 Å². The van der Waals surface area contributed by atoms with Crippen molar-refractivity contribution in [3.8, 4) is 0 Å². The highest BCUT2D eigenvalue weighted by molar-refractivity contribution is 6.04. The molecule has 0 atom stereocenters. The van der Waals surface area contributed by atoms with Crippen molar-refractivity contribution in [2.24, 2.45) is 0 Å². The second-order valence-electron chi connectivity index (χ2n) is 8.51. The molecule has 0 radical (unpaired) electrons. The number of carbonyl (C=O) groups excluding carboxylic acids is 1. The minimum atomic E-state index is -0.130. The number of hydrogen-bond donors (Lipinski definition) is 1. The van der Waals surface area contributed by atoms with Crippen LogP contribution in [0, 0.1) is 27.7 Å². The van der Waals surface area contributed by atoms with Crippen molar-refractivity contribution >= 4 is 11.7 Å². The lowest BCUT2D eigenvalue weighted by Crippen LogP contribution is -2.14. The molecule has 0 spiro atoms. The summed E-state index contributed by atoms with van der Waals surface area (Å²) in [7, 11) is 0. The SMILES string of the molecule is C=CCc1ccccc1.Cc1ccc(C)c(Cn2nc(NC(=O)c3ccccc3C)cc2C)c1. The van der Waals surface area contributed by atoms with E-state index < -0.39 is 0 Å². The van der Waals surface area contributed by atoms with Crippen LogP contribution >= 0.6 is 0 Å². The number of benzene rings is 3. The minimum Gasteiger partial charge on any atom is -0.305 e. The summed E-state index contributed by atoms with van der Waals surface area (Å²) in [6, 6.07) is 26.2. The smallest absolute Gasteiger partial charge is 0.257 e. The second-order valence-corrected chi connectivity index (χ2v) is 8.51. The van der Waals surface area contributed by atoms with Crippen molar-refractivity contribution in [1.82, 2.24) is 9.78 Å². The standard InChI is InChI=1S/C21H23N3O.C9H10/c1-14-9-10-15(2)18(11-14)13-24-17(4)12-20(23-24)22-21(25)19-8-6-5-7-16(19)3;1-2-6-9-7-4-3-5-8-9/h5-12H,13H2,1-4H3,(H,22,23,25);2-5,7-8H,1,6H2. The van der Waals surface area contributed by atoms with E-state index in [0.29, 0.717) is 17.9 Å². The van der Waals surface area contributed by atoms with Crippen LogP contribution in [0.2, 0.25) is 0 Å². The molecule has 1 heterocycles. The van der Waals surface area contributed by atoms with Crippen LogP contribution in [0.5, 0.6) is 0 Å². The molecule has 0 bridgehead atoms. The van der Waals surface area contributed by atoms with E-state index in [1.165, 1.54) is 22.3 Å². The Hall–Kier alpha value is -3.92. The molecule has 0 saturated heterocycles. The van der Waals surface area contributed by atoms with Crippen molar-refractivity contribution in [3.05, 3.63) is 131 Å². The minimum absolute atomic E-state index is 0.130. The van der Waals surface area contributed by atoms with Crippen molar-refractivity contribution in [2.45, 2.75) is 40.7 Å². The van der Waals surface area contributed by atoms with Gasteiger partial charge in [-0.1, -0.05) is 78.4 Å². The third kappa shape index (κ3) is 6.79. The van der Waals surface area contributed by atoms with E-state index >= 15 is 0 Å². The first-order valence-corrected chi connectivity index (χ1v) is 11.5. The second kappa shape index (κ2) is 11.8. The molecule has 34 heavy (non-hydrogen) atoms. The summed E-state index contributed by atoms with van der Waals surface area (Å²) in [4.78, 5) is 12.5. The molecule has 4 nitrogen and oxygen atoms in total. The van der Waals surface area contributed by atoms with Crippen molar-refractivity contribution in [1.29, 1.82) is 0 Å². The highest BCUT2D eigenvalue weighted by atomic mass is 16.1. The monoisotopic (exact) mass is 451 g/mol. The number of nitrogens with one attached hydrogen (secondary N) is 1. The summed E-state index contributed by atoms with van der Waals surface area (Å²) in [5.41, 5.74) is 7.68. The maximum Gasteiger partial charge on any atom is 0.257 e. The van der Waals surface area contributed by atoms with E-state index in [4.69, 9.17) is 0 Å². The predicted octanol–water partition coefficient (Wildman–Crippen LogP) is 6.83. The van der Waals surface area contributed by atoms with E-state index in [0.717, 1.165) is 17.7 Å². The number of amides is 1. The van der Waals surface area contributed by atoms with Gasteiger partial charge < -0.3 is 5.32 Å². The Kier molecular flexibility index (Phi) is 8.58. The lowest BCUT2D eigenvalue weighted by atomic mass is 10.1. The molecule has 174 valence electrons. The van der Waals surface area contributed by atoms with Gasteiger partial charge in [-0.25, -0.2) is 0 Å². The number of aryl methyl sites for hydroxylation is 4. The van der Waals surface area contributed by atoms with Gasteiger partial charge in [0.05, 0.1) is 6.54 Å². The van der Waals surface area contributed by atoms with Gasteiger partial charge in [0.25, 0.3) is 5.91 Å². The van der Waals surface area contributed by atoms with Crippen LogP contribution in [0.15, 0.2) is 91.5 Å². The predicted molar refractivity (Wildman–Crippen MR) is 141 cm³/mol. The van der Waals surface area contributed by atoms with Crippen LogP contribution in [0.4, 0.5) is 5.82 Å². The molecule has 0 aliphatic rings. The Morgan fingerprint density at radius 2 is 1.62 bits per heavy atom. The fourth-order valence-corrected chi connectivity index (χ4v) is 3.66. The fourth-order valence-electron chi connectivity index (χ4n) is 3.66. The van der Waals surface area contributed by atoms with Crippen LogP contribution in [0.25, 0.3) is 0 Å². The molecule has 4 heteroatoms. The van der Waals surface area contributed by atoms with Gasteiger partial charge in [-0.05, 0) is 62.4 Å². The van der Waals surface area contributed by atoms with Gasteiger partial charge in [-0.15, -0.1) is 6.58 Å². The first kappa shape index (κ1) is 24.7. The van der Waals surface area contributed by atoms with Crippen molar-refractivity contribution < 1.29 is 4.79 Å². The Bertz CT molecular complexity index is 1260. The lowest BCUT2D eigenvalue weighted by Gasteiger charge is -2.09. The summed E-state index contributed by atoms with van der Waals surface area (Å²) in [5, 5.41) is 7.46. The Balaban J connectivity index is 0.000000302. The average molecular weight is 452 g/mol. The van der Waals surface area contributed by atoms with Crippen molar-refractivity contribution in [3.63, 3.8) is 0 Å². The summed E-state index contributed by atoms with van der Waals surface area (Å²) < 4.78 is 1.93. The zero-order valence-electron chi connectivity index (χ0n) is 20.5. The maximum atomic E-state index is 12.5. The lowest BCUT2D eigenvalue weighted by molar-refractivity contribution is 0.102. The topological polar surface area (TPSA) is 46.9 Å². The molecule has 1 N–H and O–H groups in total. The quantitative estimate of drug-likeness (QED) is 0.327. The largest absolute Gasteiger partial charge is 0.305 e. The van der Waals surface area contributed by atoms with Gasteiger partial charge in [0.1, 0.15) is 0 Å². The molecule has 1 amide bonds. The van der Waals surface area contributed by atoms with Crippen LogP contribution in [0.1, 0.15) is 43.9 Å². The maximum absolute atomic E-state index is 12.5. The molecule has 0 fully saturated rings. The fraction of sp³-hybridized carbons (Fsp3) is 0.200. The molecule has 4 rings (SSSR count). The van der Waals surface area contributed by atoms with E-state index in [1.54, 1.807) is 0 Å². The number of carbonyl (C=O) groups is 1. The van der Waals surface area contributed by atoms with E-state index in [9.17, 15) is 4.79 Å². The number of aromatic nitrogens is 2. The number of nitrogens with zero attached hydrogens (tertiary/aromatic N) is 2. The third-order valence-corrected chi connectivity index (χ3v) is 5.66. The zero-order valence-corrected chi connectivity index (χ0v) is 20.5. The van der Waals surface area contributed by atoms with Gasteiger partial charge in [0.15, 0.2) is 5.82 Å². The highest BCUT2D eigenvalue weighted by Gasteiger charge is 2.12. The molecule has 3 aromatic carbocycles. The van der Waals surface area contributed by atoms with Gasteiger partial charge in [0, 0.05) is 17.3 Å². The average Bonchev–Trinajstić information content (AvgIpc) is 3.16. The molecular weight excluding hydrogens is 418 g/mol. The molecule has 4 aromatic rings. The first-order valence-electron chi connectivity index (χ1n) is 11.5. The highest BCUT2D eigenvalue weighted by Crippen LogP contribution is 2.17. The number of anilines is 1. The Morgan fingerprint density at radius 3 is 2.32 bits per heavy atom. The third-order valence-electron chi connectivity index (χ3n) is 5.66. The summed E-state index contributed by atoms with van der Waals surface area (Å²) >= 11 is 0. The molecular formula is C30H33N3O. The van der Waals surface area contributed by atoms with Gasteiger partial charge in [-0.3, -0.25) is 9.48 Å². The van der Waals surface area contributed by atoms with Crippen LogP contribution in [-0.2, 0) is 13.0 Å². The number of allylic oxidation sites excluding steroid dienone is 1. The molecule has 0 saturated carbocycles. The zero-order chi connectivity index (χ0) is 24.5. The van der Waals surface area contributed by atoms with Crippen LogP contribution in [0.3, 0.4) is 0 Å². The van der Waals surface area contributed by atoms with Crippen LogP contribution < -0.4 is 5.32 Å². The molecule has 0 aliphatic heterocycles. The molecule has 0 unspecified atom stereocenters. The number of hydrogen-bond acceptors (Lipinski definition) is 2. The van der Waals surface area contributed by atoms with Gasteiger partial charge in [0.2, 0.25) is 0 Å². The van der Waals surface area contributed by atoms with E-state index in [2.05, 4.69) is 61.2 Å². The Labute approximate surface area is 203 Å². The van der Waals surface area contributed by atoms with Crippen molar-refractivity contribution in [2.75, 3.05) is 5.32 Å². The molecule has 0 aliphatic carbocycles. The summed E-state index contributed by atoms with van der Waals surface area (Å²) in [6.45, 7) is 12.5. The normalized spacial score (nSPS) is 10.2. The van der Waals surface area contributed by atoms with Crippen LogP contribution in [-0.4, -0.2) is 15.7 Å². The number of rotatable bonds is 6. The van der Waals surface area contributed by atoms with E-state index in [-0.39, 0.29) is 5.91 Å². The van der Waals surface area contributed by atoms with Gasteiger partial charge in [-0.2, -0.15) is 5.10 Å². The summed E-state index contributed by atoms with van der Waals surface area (Å²) in [6.07, 6.45) is 2.89. The Morgan fingerprint density at radius 1 is 0.912 bits per heavy atom. The molecule has 1 aromatic heterocycles.